The highest BCUT2D eigenvalue weighted by Crippen LogP contribution is 2.21. The Morgan fingerprint density at radius 1 is 1.77 bits per heavy atom. The van der Waals surface area contributed by atoms with Gasteiger partial charge >= 0.3 is 0 Å². The van der Waals surface area contributed by atoms with Crippen LogP contribution in [0.1, 0.15) is 13.3 Å². The summed E-state index contributed by atoms with van der Waals surface area (Å²) in [5, 5.41) is 11.4. The summed E-state index contributed by atoms with van der Waals surface area (Å²) in [5.74, 6) is 2.71. The molecule has 0 aromatic rings. The lowest BCUT2D eigenvalue weighted by Crippen LogP contribution is -2.41. The second-order valence-corrected chi connectivity index (χ2v) is 4.32. The Bertz CT molecular complexity index is 180. The van der Waals surface area contributed by atoms with Gasteiger partial charge in [-0.1, -0.05) is 12.1 Å². The average Bonchev–Trinajstić information content (AvgIpc) is 2.66. The molecule has 1 saturated heterocycles. The molecule has 0 spiro atoms. The van der Waals surface area contributed by atoms with Crippen molar-refractivity contribution in [2.24, 2.45) is 10.9 Å². The van der Waals surface area contributed by atoms with Gasteiger partial charge in [0.15, 0.2) is 5.84 Å². The van der Waals surface area contributed by atoms with Gasteiger partial charge in [0, 0.05) is 11.8 Å². The number of thioether (sulfide) groups is 1. The van der Waals surface area contributed by atoms with Crippen molar-refractivity contribution in [1.82, 2.24) is 4.90 Å². The molecule has 0 unspecified atom stereocenters. The molecule has 1 heterocycles. The van der Waals surface area contributed by atoms with E-state index in [9.17, 15) is 0 Å². The van der Waals surface area contributed by atoms with Crippen LogP contribution in [-0.4, -0.2) is 46.6 Å². The van der Waals surface area contributed by atoms with Crippen molar-refractivity contribution in [1.29, 1.82) is 0 Å². The summed E-state index contributed by atoms with van der Waals surface area (Å²) in [5.41, 5.74) is 5.47. The van der Waals surface area contributed by atoms with Crippen molar-refractivity contribution in [3.63, 3.8) is 0 Å². The van der Waals surface area contributed by atoms with Gasteiger partial charge < -0.3 is 10.9 Å². The molecule has 0 aliphatic carbocycles. The molecule has 3 N–H and O–H groups in total. The molecule has 1 aliphatic heterocycles. The Hall–Kier alpha value is -0.420. The lowest BCUT2D eigenvalue weighted by molar-refractivity contribution is 0.249. The molecule has 0 aromatic heterocycles. The third kappa shape index (κ3) is 3.08. The van der Waals surface area contributed by atoms with Crippen LogP contribution in [-0.2, 0) is 0 Å². The number of likely N-dealkylation sites (N-methyl/N-ethyl adjacent to an activating group) is 1. The van der Waals surface area contributed by atoms with Gasteiger partial charge in [-0.05, 0) is 18.7 Å². The molecule has 76 valence electrons. The molecule has 4 nitrogen and oxygen atoms in total. The first-order valence-corrected chi connectivity index (χ1v) is 5.71. The summed E-state index contributed by atoms with van der Waals surface area (Å²) < 4.78 is 0. The minimum absolute atomic E-state index is 0.304. The molecule has 0 bridgehead atoms. The normalized spacial score (nSPS) is 24.2. The minimum Gasteiger partial charge on any atom is -0.409 e. The zero-order valence-corrected chi connectivity index (χ0v) is 8.76. The fraction of sp³-hybridized carbons (Fsp3) is 0.875. The van der Waals surface area contributed by atoms with E-state index in [-0.39, 0.29) is 0 Å². The van der Waals surface area contributed by atoms with Crippen molar-refractivity contribution >= 4 is 17.6 Å². The topological polar surface area (TPSA) is 61.8 Å². The van der Waals surface area contributed by atoms with Gasteiger partial charge in [-0.2, -0.15) is 11.8 Å². The largest absolute Gasteiger partial charge is 0.409 e. The Morgan fingerprint density at radius 2 is 2.54 bits per heavy atom. The zero-order chi connectivity index (χ0) is 9.68. The van der Waals surface area contributed by atoms with Crippen LogP contribution in [0.25, 0.3) is 0 Å². The maximum Gasteiger partial charge on any atom is 0.153 e. The van der Waals surface area contributed by atoms with E-state index in [1.807, 2.05) is 11.8 Å². The number of hydrogen-bond acceptors (Lipinski definition) is 4. The number of nitrogens with two attached hydrogens (primary N) is 1. The molecule has 1 aliphatic rings. The SMILES string of the molecule is CCN(CC(N)=NO)[C@H]1CCSC1. The van der Waals surface area contributed by atoms with Crippen LogP contribution in [0.5, 0.6) is 0 Å². The average molecular weight is 203 g/mol. The summed E-state index contributed by atoms with van der Waals surface area (Å²) in [7, 11) is 0. The molecule has 13 heavy (non-hydrogen) atoms. The maximum atomic E-state index is 8.45. The molecule has 1 rings (SSSR count). The minimum atomic E-state index is 0.304. The summed E-state index contributed by atoms with van der Waals surface area (Å²) >= 11 is 1.98. The van der Waals surface area contributed by atoms with Crippen LogP contribution in [0.3, 0.4) is 0 Å². The van der Waals surface area contributed by atoms with Crippen LogP contribution in [0.2, 0.25) is 0 Å². The predicted octanol–water partition coefficient (Wildman–Crippen LogP) is 0.560. The zero-order valence-electron chi connectivity index (χ0n) is 7.94. The van der Waals surface area contributed by atoms with E-state index in [4.69, 9.17) is 10.9 Å². The first-order chi connectivity index (χ1) is 6.27. The molecular formula is C8H17N3OS. The van der Waals surface area contributed by atoms with E-state index in [1.165, 1.54) is 17.9 Å². The second kappa shape index (κ2) is 5.34. The lowest BCUT2D eigenvalue weighted by atomic mass is 10.2. The number of nitrogens with zero attached hydrogens (tertiary/aromatic N) is 2. The van der Waals surface area contributed by atoms with E-state index in [2.05, 4.69) is 17.0 Å². The Morgan fingerprint density at radius 3 is 3.00 bits per heavy atom. The van der Waals surface area contributed by atoms with E-state index >= 15 is 0 Å². The molecule has 0 amide bonds. The fourth-order valence-corrected chi connectivity index (χ4v) is 2.80. The van der Waals surface area contributed by atoms with Crippen LogP contribution < -0.4 is 5.73 Å². The summed E-state index contributed by atoms with van der Waals surface area (Å²) in [6, 6.07) is 0.607. The monoisotopic (exact) mass is 203 g/mol. The number of rotatable bonds is 4. The van der Waals surface area contributed by atoms with E-state index in [1.54, 1.807) is 0 Å². The Kier molecular flexibility index (Phi) is 4.38. The van der Waals surface area contributed by atoms with E-state index < -0.39 is 0 Å². The Labute approximate surface area is 83.2 Å². The van der Waals surface area contributed by atoms with Crippen LogP contribution in [0.15, 0.2) is 5.16 Å². The van der Waals surface area contributed by atoms with Crippen LogP contribution in [0.4, 0.5) is 0 Å². The van der Waals surface area contributed by atoms with Crippen molar-refractivity contribution in [3.8, 4) is 0 Å². The highest BCUT2D eigenvalue weighted by Gasteiger charge is 2.22. The maximum absolute atomic E-state index is 8.45. The van der Waals surface area contributed by atoms with Gasteiger partial charge in [0.05, 0.1) is 6.54 Å². The molecule has 0 saturated carbocycles. The summed E-state index contributed by atoms with van der Waals surface area (Å²) in [6.45, 7) is 3.65. The first-order valence-electron chi connectivity index (χ1n) is 4.56. The first kappa shape index (κ1) is 10.7. The second-order valence-electron chi connectivity index (χ2n) is 3.17. The van der Waals surface area contributed by atoms with E-state index in [0.29, 0.717) is 18.4 Å². The number of oxime groups is 1. The molecular weight excluding hydrogens is 186 g/mol. The van der Waals surface area contributed by atoms with Gasteiger partial charge in [0.2, 0.25) is 0 Å². The summed E-state index contributed by atoms with van der Waals surface area (Å²) in [4.78, 5) is 2.26. The molecule has 5 heteroatoms. The van der Waals surface area contributed by atoms with Crippen molar-refractivity contribution in [3.05, 3.63) is 0 Å². The van der Waals surface area contributed by atoms with Crippen molar-refractivity contribution < 1.29 is 5.21 Å². The third-order valence-corrected chi connectivity index (χ3v) is 3.47. The van der Waals surface area contributed by atoms with Gasteiger partial charge in [-0.3, -0.25) is 4.90 Å². The van der Waals surface area contributed by atoms with Crippen molar-refractivity contribution in [2.75, 3.05) is 24.6 Å². The third-order valence-electron chi connectivity index (χ3n) is 2.32. The number of amidine groups is 1. The molecule has 1 fully saturated rings. The van der Waals surface area contributed by atoms with Gasteiger partial charge in [-0.25, -0.2) is 0 Å². The smallest absolute Gasteiger partial charge is 0.153 e. The summed E-state index contributed by atoms with van der Waals surface area (Å²) in [6.07, 6.45) is 1.22. The highest BCUT2D eigenvalue weighted by atomic mass is 32.2. The van der Waals surface area contributed by atoms with Gasteiger partial charge in [0.1, 0.15) is 0 Å². The number of hydrogen-bond donors (Lipinski definition) is 2. The quantitative estimate of drug-likeness (QED) is 0.303. The van der Waals surface area contributed by atoms with E-state index in [0.717, 1.165) is 6.54 Å². The Balaban J connectivity index is 2.41. The predicted molar refractivity (Wildman–Crippen MR) is 56.4 cm³/mol. The van der Waals surface area contributed by atoms with Gasteiger partial charge in [-0.15, -0.1) is 0 Å². The lowest BCUT2D eigenvalue weighted by Gasteiger charge is -2.25. The van der Waals surface area contributed by atoms with Gasteiger partial charge in [0.25, 0.3) is 0 Å². The fourth-order valence-electron chi connectivity index (χ4n) is 1.55. The standard InChI is InChI=1S/C8H17N3OS/c1-2-11(5-8(9)10-12)7-3-4-13-6-7/h7,12H,2-6H2,1H3,(H2,9,10)/t7-/m0/s1. The molecule has 0 radical (unpaired) electrons. The highest BCUT2D eigenvalue weighted by molar-refractivity contribution is 7.99. The van der Waals surface area contributed by atoms with Crippen LogP contribution in [0, 0.1) is 0 Å². The van der Waals surface area contributed by atoms with Crippen molar-refractivity contribution in [2.45, 2.75) is 19.4 Å². The van der Waals surface area contributed by atoms with Crippen LogP contribution >= 0.6 is 11.8 Å². The molecule has 0 aromatic carbocycles. The molecule has 1 atom stereocenters.